The van der Waals surface area contributed by atoms with Crippen LogP contribution >= 0.6 is 0 Å². The predicted octanol–water partition coefficient (Wildman–Crippen LogP) is 1.22. The molecule has 0 radical (unpaired) electrons. The maximum absolute atomic E-state index is 11.3. The van der Waals surface area contributed by atoms with Crippen molar-refractivity contribution in [2.45, 2.75) is 38.8 Å². The first kappa shape index (κ1) is 12.0. The molecule has 0 spiro atoms. The van der Waals surface area contributed by atoms with E-state index in [0.29, 0.717) is 13.0 Å². The molecule has 1 aliphatic heterocycles. The zero-order chi connectivity index (χ0) is 12.5. The van der Waals surface area contributed by atoms with E-state index >= 15 is 0 Å². The molecule has 0 saturated carbocycles. The van der Waals surface area contributed by atoms with Crippen LogP contribution in [0.15, 0.2) is 12.3 Å². The van der Waals surface area contributed by atoms with E-state index < -0.39 is 11.5 Å². The molecular weight excluding hydrogens is 218 g/mol. The quantitative estimate of drug-likeness (QED) is 0.853. The SMILES string of the molecule is Cc1nccc(CN2CCCC2(C)C(=O)O)n1. The third-order valence-corrected chi connectivity index (χ3v) is 3.44. The minimum absolute atomic E-state index is 0.576. The van der Waals surface area contributed by atoms with Gasteiger partial charge in [-0.1, -0.05) is 0 Å². The number of rotatable bonds is 3. The van der Waals surface area contributed by atoms with Crippen LogP contribution in [0.1, 0.15) is 31.3 Å². The van der Waals surface area contributed by atoms with E-state index in [2.05, 4.69) is 9.97 Å². The number of carbonyl (C=O) groups is 1. The lowest BCUT2D eigenvalue weighted by Crippen LogP contribution is -2.47. The Labute approximate surface area is 100 Å². The molecule has 0 amide bonds. The van der Waals surface area contributed by atoms with Gasteiger partial charge >= 0.3 is 5.97 Å². The molecule has 0 aliphatic carbocycles. The molecule has 0 aromatic carbocycles. The minimum atomic E-state index is -0.751. The highest BCUT2D eigenvalue weighted by molar-refractivity contribution is 5.78. The van der Waals surface area contributed by atoms with Crippen molar-refractivity contribution in [1.29, 1.82) is 0 Å². The first-order valence-electron chi connectivity index (χ1n) is 5.79. The predicted molar refractivity (Wildman–Crippen MR) is 62.5 cm³/mol. The fourth-order valence-electron chi connectivity index (χ4n) is 2.30. The molecular formula is C12H17N3O2. The third-order valence-electron chi connectivity index (χ3n) is 3.44. The molecule has 5 heteroatoms. The van der Waals surface area contributed by atoms with Gasteiger partial charge in [0.1, 0.15) is 11.4 Å². The lowest BCUT2D eigenvalue weighted by molar-refractivity contribution is -0.148. The van der Waals surface area contributed by atoms with Crippen molar-refractivity contribution in [2.24, 2.45) is 0 Å². The second-order valence-corrected chi connectivity index (χ2v) is 4.70. The zero-order valence-electron chi connectivity index (χ0n) is 10.2. The van der Waals surface area contributed by atoms with Crippen LogP contribution in [0, 0.1) is 6.92 Å². The van der Waals surface area contributed by atoms with Crippen molar-refractivity contribution >= 4 is 5.97 Å². The highest BCUT2D eigenvalue weighted by Gasteiger charge is 2.43. The van der Waals surface area contributed by atoms with E-state index in [4.69, 9.17) is 0 Å². The number of aryl methyl sites for hydroxylation is 1. The number of nitrogens with zero attached hydrogens (tertiary/aromatic N) is 3. The van der Waals surface area contributed by atoms with E-state index in [1.54, 1.807) is 13.1 Å². The topological polar surface area (TPSA) is 66.3 Å². The summed E-state index contributed by atoms with van der Waals surface area (Å²) in [5, 5.41) is 9.30. The molecule has 1 N–H and O–H groups in total. The zero-order valence-corrected chi connectivity index (χ0v) is 10.2. The Balaban J connectivity index is 2.16. The molecule has 2 rings (SSSR count). The van der Waals surface area contributed by atoms with Gasteiger partial charge in [0.15, 0.2) is 0 Å². The summed E-state index contributed by atoms with van der Waals surface area (Å²) in [5.41, 5.74) is 0.130. The van der Waals surface area contributed by atoms with E-state index in [9.17, 15) is 9.90 Å². The van der Waals surface area contributed by atoms with Gasteiger partial charge in [0.2, 0.25) is 0 Å². The van der Waals surface area contributed by atoms with Crippen LogP contribution in [-0.2, 0) is 11.3 Å². The lowest BCUT2D eigenvalue weighted by atomic mass is 9.99. The van der Waals surface area contributed by atoms with E-state index in [1.807, 2.05) is 17.9 Å². The monoisotopic (exact) mass is 235 g/mol. The van der Waals surface area contributed by atoms with Crippen LogP contribution in [-0.4, -0.2) is 38.0 Å². The molecule has 1 aromatic rings. The van der Waals surface area contributed by atoms with Crippen LogP contribution in [0.25, 0.3) is 0 Å². The standard InChI is InChI=1S/C12H17N3O2/c1-9-13-6-4-10(14-9)8-15-7-3-5-12(15,2)11(16)17/h4,6H,3,5,7-8H2,1-2H3,(H,16,17). The molecule has 5 nitrogen and oxygen atoms in total. The van der Waals surface area contributed by atoms with E-state index in [0.717, 1.165) is 24.5 Å². The molecule has 1 saturated heterocycles. The molecule has 1 aromatic heterocycles. The Morgan fingerprint density at radius 2 is 2.41 bits per heavy atom. The minimum Gasteiger partial charge on any atom is -0.480 e. The van der Waals surface area contributed by atoms with Gasteiger partial charge < -0.3 is 5.11 Å². The van der Waals surface area contributed by atoms with Gasteiger partial charge in [0.05, 0.1) is 5.69 Å². The number of aromatic nitrogens is 2. The number of carboxylic acids is 1. The highest BCUT2D eigenvalue weighted by Crippen LogP contribution is 2.30. The summed E-state index contributed by atoms with van der Waals surface area (Å²) in [7, 11) is 0. The van der Waals surface area contributed by atoms with Crippen LogP contribution < -0.4 is 0 Å². The van der Waals surface area contributed by atoms with Gasteiger partial charge in [-0.25, -0.2) is 9.97 Å². The van der Waals surface area contributed by atoms with Crippen molar-refractivity contribution in [3.63, 3.8) is 0 Å². The van der Waals surface area contributed by atoms with Crippen molar-refractivity contribution < 1.29 is 9.90 Å². The lowest BCUT2D eigenvalue weighted by Gasteiger charge is -2.30. The molecule has 1 atom stereocenters. The van der Waals surface area contributed by atoms with Crippen molar-refractivity contribution in [3.05, 3.63) is 23.8 Å². The summed E-state index contributed by atoms with van der Waals surface area (Å²) in [5.74, 6) is -0.0282. The Kier molecular flexibility index (Phi) is 3.11. The number of hydrogen-bond donors (Lipinski definition) is 1. The fraction of sp³-hybridized carbons (Fsp3) is 0.583. The van der Waals surface area contributed by atoms with Crippen molar-refractivity contribution in [3.8, 4) is 0 Å². The normalized spacial score (nSPS) is 25.1. The Morgan fingerprint density at radius 3 is 3.06 bits per heavy atom. The average molecular weight is 235 g/mol. The van der Waals surface area contributed by atoms with Gasteiger partial charge in [-0.05, 0) is 39.3 Å². The second kappa shape index (κ2) is 4.41. The molecule has 1 unspecified atom stereocenters. The Hall–Kier alpha value is -1.49. The number of likely N-dealkylation sites (tertiary alicyclic amines) is 1. The van der Waals surface area contributed by atoms with Gasteiger partial charge in [0, 0.05) is 12.7 Å². The largest absolute Gasteiger partial charge is 0.480 e. The first-order chi connectivity index (χ1) is 8.02. The molecule has 1 aliphatic rings. The number of carboxylic acid groups (broad SMARTS) is 1. The first-order valence-corrected chi connectivity index (χ1v) is 5.79. The Bertz CT molecular complexity index is 436. The summed E-state index contributed by atoms with van der Waals surface area (Å²) in [4.78, 5) is 21.7. The van der Waals surface area contributed by atoms with Crippen molar-refractivity contribution in [1.82, 2.24) is 14.9 Å². The van der Waals surface area contributed by atoms with Crippen LogP contribution in [0.4, 0.5) is 0 Å². The van der Waals surface area contributed by atoms with Gasteiger partial charge in [-0.3, -0.25) is 9.69 Å². The second-order valence-electron chi connectivity index (χ2n) is 4.70. The van der Waals surface area contributed by atoms with Crippen LogP contribution in [0.2, 0.25) is 0 Å². The van der Waals surface area contributed by atoms with Crippen LogP contribution in [0.3, 0.4) is 0 Å². The van der Waals surface area contributed by atoms with Gasteiger partial charge in [-0.2, -0.15) is 0 Å². The molecule has 2 heterocycles. The summed E-state index contributed by atoms with van der Waals surface area (Å²) >= 11 is 0. The molecule has 0 bridgehead atoms. The number of aliphatic carboxylic acids is 1. The maximum atomic E-state index is 11.3. The molecule has 92 valence electrons. The van der Waals surface area contributed by atoms with Gasteiger partial charge in [-0.15, -0.1) is 0 Å². The summed E-state index contributed by atoms with van der Waals surface area (Å²) < 4.78 is 0. The average Bonchev–Trinajstić information content (AvgIpc) is 2.62. The summed E-state index contributed by atoms with van der Waals surface area (Å²) in [6.45, 7) is 5.01. The summed E-state index contributed by atoms with van der Waals surface area (Å²) in [6.07, 6.45) is 3.34. The van der Waals surface area contributed by atoms with Crippen molar-refractivity contribution in [2.75, 3.05) is 6.54 Å². The highest BCUT2D eigenvalue weighted by atomic mass is 16.4. The van der Waals surface area contributed by atoms with E-state index in [-0.39, 0.29) is 0 Å². The van der Waals surface area contributed by atoms with Crippen LogP contribution in [0.5, 0.6) is 0 Å². The maximum Gasteiger partial charge on any atom is 0.323 e. The Morgan fingerprint density at radius 1 is 1.65 bits per heavy atom. The third kappa shape index (κ3) is 2.29. The summed E-state index contributed by atoms with van der Waals surface area (Å²) in [6, 6.07) is 1.84. The van der Waals surface area contributed by atoms with Gasteiger partial charge in [0.25, 0.3) is 0 Å². The number of hydrogen-bond acceptors (Lipinski definition) is 4. The smallest absolute Gasteiger partial charge is 0.323 e. The van der Waals surface area contributed by atoms with E-state index in [1.165, 1.54) is 0 Å². The molecule has 17 heavy (non-hydrogen) atoms. The fourth-order valence-corrected chi connectivity index (χ4v) is 2.30. The molecule has 1 fully saturated rings.